The highest BCUT2D eigenvalue weighted by Crippen LogP contribution is 2.31. The first kappa shape index (κ1) is 21.6. The van der Waals surface area contributed by atoms with E-state index in [-0.39, 0.29) is 29.5 Å². The molecule has 0 aromatic heterocycles. The van der Waals surface area contributed by atoms with Crippen LogP contribution in [0.1, 0.15) is 12.5 Å². The molecule has 28 heavy (non-hydrogen) atoms. The van der Waals surface area contributed by atoms with Gasteiger partial charge in [0.25, 0.3) is 0 Å². The number of halogens is 3. The van der Waals surface area contributed by atoms with Gasteiger partial charge in [0.1, 0.15) is 23.0 Å². The lowest BCUT2D eigenvalue weighted by Crippen LogP contribution is -2.24. The van der Waals surface area contributed by atoms with Crippen molar-refractivity contribution in [2.75, 3.05) is 19.8 Å². The van der Waals surface area contributed by atoms with Gasteiger partial charge in [0, 0.05) is 0 Å². The molecule has 0 aliphatic rings. The van der Waals surface area contributed by atoms with E-state index in [1.54, 1.807) is 25.1 Å². The molecular weight excluding hydrogens is 395 g/mol. The van der Waals surface area contributed by atoms with Crippen molar-refractivity contribution < 1.29 is 31.1 Å². The van der Waals surface area contributed by atoms with Gasteiger partial charge in [0.05, 0.1) is 18.7 Å². The SMILES string of the molecule is CCOc1ccccc1S(=O)(=O)NCC#CCOc1cccc(C(F)(F)F)c1. The monoisotopic (exact) mass is 413 g/mol. The molecule has 9 heteroatoms. The van der Waals surface area contributed by atoms with E-state index in [1.165, 1.54) is 18.2 Å². The lowest BCUT2D eigenvalue weighted by molar-refractivity contribution is -0.137. The van der Waals surface area contributed by atoms with E-state index in [0.717, 1.165) is 12.1 Å². The molecule has 0 spiro atoms. The summed E-state index contributed by atoms with van der Waals surface area (Å²) in [6, 6.07) is 10.6. The predicted octanol–water partition coefficient (Wildman–Crippen LogP) is 3.46. The number of nitrogens with one attached hydrogen (secondary N) is 1. The van der Waals surface area contributed by atoms with Crippen LogP contribution < -0.4 is 14.2 Å². The predicted molar refractivity (Wildman–Crippen MR) is 97.5 cm³/mol. The maximum Gasteiger partial charge on any atom is 0.416 e. The van der Waals surface area contributed by atoms with Crippen LogP contribution in [0.25, 0.3) is 0 Å². The van der Waals surface area contributed by atoms with E-state index in [0.29, 0.717) is 6.61 Å². The molecule has 1 N–H and O–H groups in total. The largest absolute Gasteiger partial charge is 0.492 e. The average molecular weight is 413 g/mol. The molecule has 2 rings (SSSR count). The molecule has 5 nitrogen and oxygen atoms in total. The Hall–Kier alpha value is -2.70. The van der Waals surface area contributed by atoms with Crippen LogP contribution in [0.2, 0.25) is 0 Å². The quantitative estimate of drug-likeness (QED) is 0.706. The normalized spacial score (nSPS) is 11.4. The van der Waals surface area contributed by atoms with E-state index < -0.39 is 21.8 Å². The fourth-order valence-corrected chi connectivity index (χ4v) is 3.22. The Labute approximate surface area is 161 Å². The number of hydrogen-bond acceptors (Lipinski definition) is 4. The first-order chi connectivity index (χ1) is 13.2. The van der Waals surface area contributed by atoms with E-state index in [9.17, 15) is 21.6 Å². The first-order valence-electron chi connectivity index (χ1n) is 8.21. The number of alkyl halides is 3. The Morgan fingerprint density at radius 1 is 1.04 bits per heavy atom. The van der Waals surface area contributed by atoms with Crippen molar-refractivity contribution in [1.29, 1.82) is 0 Å². The highest BCUT2D eigenvalue weighted by molar-refractivity contribution is 7.89. The summed E-state index contributed by atoms with van der Waals surface area (Å²) in [4.78, 5) is -0.00105. The van der Waals surface area contributed by atoms with Crippen molar-refractivity contribution in [1.82, 2.24) is 4.72 Å². The smallest absolute Gasteiger partial charge is 0.416 e. The first-order valence-corrected chi connectivity index (χ1v) is 9.69. The second-order valence-electron chi connectivity index (χ2n) is 5.37. The van der Waals surface area contributed by atoms with Gasteiger partial charge < -0.3 is 9.47 Å². The van der Waals surface area contributed by atoms with Crippen molar-refractivity contribution in [2.24, 2.45) is 0 Å². The fraction of sp³-hybridized carbons (Fsp3) is 0.263. The van der Waals surface area contributed by atoms with Crippen LogP contribution in [0, 0.1) is 11.8 Å². The maximum absolute atomic E-state index is 12.6. The number of rotatable bonds is 7. The Morgan fingerprint density at radius 3 is 2.50 bits per heavy atom. The topological polar surface area (TPSA) is 64.6 Å². The number of ether oxygens (including phenoxy) is 2. The molecule has 0 bridgehead atoms. The third-order valence-electron chi connectivity index (χ3n) is 3.39. The van der Waals surface area contributed by atoms with Crippen LogP contribution in [-0.4, -0.2) is 28.2 Å². The van der Waals surface area contributed by atoms with E-state index in [1.807, 2.05) is 0 Å². The summed E-state index contributed by atoms with van der Waals surface area (Å²) in [6.45, 7) is 1.69. The minimum absolute atomic E-state index is 0.00105. The lowest BCUT2D eigenvalue weighted by atomic mass is 10.2. The van der Waals surface area contributed by atoms with Crippen LogP contribution in [0.5, 0.6) is 11.5 Å². The van der Waals surface area contributed by atoms with Gasteiger partial charge in [0.2, 0.25) is 10.0 Å². The molecule has 0 radical (unpaired) electrons. The van der Waals surface area contributed by atoms with E-state index in [2.05, 4.69) is 16.6 Å². The van der Waals surface area contributed by atoms with Crippen molar-refractivity contribution >= 4 is 10.0 Å². The van der Waals surface area contributed by atoms with E-state index in [4.69, 9.17) is 9.47 Å². The molecule has 150 valence electrons. The second kappa shape index (κ2) is 9.48. The highest BCUT2D eigenvalue weighted by Gasteiger charge is 2.30. The van der Waals surface area contributed by atoms with Crippen LogP contribution in [0.4, 0.5) is 13.2 Å². The zero-order chi connectivity index (χ0) is 20.6. The average Bonchev–Trinajstić information content (AvgIpc) is 2.65. The molecular formula is C19H18F3NO4S. The molecule has 0 saturated carbocycles. The lowest BCUT2D eigenvalue weighted by Gasteiger charge is -2.10. The Balaban J connectivity index is 1.90. The van der Waals surface area contributed by atoms with Crippen LogP contribution in [0.3, 0.4) is 0 Å². The Morgan fingerprint density at radius 2 is 1.79 bits per heavy atom. The van der Waals surface area contributed by atoms with Crippen molar-refractivity contribution in [3.8, 4) is 23.3 Å². The number of para-hydroxylation sites is 1. The molecule has 0 unspecified atom stereocenters. The zero-order valence-corrected chi connectivity index (χ0v) is 15.7. The summed E-state index contributed by atoms with van der Waals surface area (Å²) in [5.41, 5.74) is -0.821. The fourth-order valence-electron chi connectivity index (χ4n) is 2.15. The zero-order valence-electron chi connectivity index (χ0n) is 14.9. The molecule has 2 aromatic carbocycles. The van der Waals surface area contributed by atoms with Crippen LogP contribution >= 0.6 is 0 Å². The van der Waals surface area contributed by atoms with Crippen LogP contribution in [-0.2, 0) is 16.2 Å². The van der Waals surface area contributed by atoms with Gasteiger partial charge in [-0.2, -0.15) is 17.9 Å². The molecule has 0 aliphatic heterocycles. The summed E-state index contributed by atoms with van der Waals surface area (Å²) in [6.07, 6.45) is -4.46. The standard InChI is InChI=1S/C19H18F3NO4S/c1-2-26-17-10-3-4-11-18(17)28(24,25)23-12-5-6-13-27-16-9-7-8-15(14-16)19(20,21)22/h3-4,7-11,14,23H,2,12-13H2,1H3. The molecule has 0 heterocycles. The molecule has 2 aromatic rings. The Bertz CT molecular complexity index is 963. The minimum Gasteiger partial charge on any atom is -0.492 e. The van der Waals surface area contributed by atoms with Crippen molar-refractivity contribution in [3.63, 3.8) is 0 Å². The van der Waals surface area contributed by atoms with Gasteiger partial charge >= 0.3 is 6.18 Å². The second-order valence-corrected chi connectivity index (χ2v) is 7.11. The summed E-state index contributed by atoms with van der Waals surface area (Å²) in [5, 5.41) is 0. The van der Waals surface area contributed by atoms with Gasteiger partial charge in [-0.05, 0) is 37.3 Å². The van der Waals surface area contributed by atoms with Gasteiger partial charge in [-0.15, -0.1) is 0 Å². The third kappa shape index (κ3) is 6.18. The number of hydrogen-bond donors (Lipinski definition) is 1. The van der Waals surface area contributed by atoms with Crippen molar-refractivity contribution in [3.05, 3.63) is 54.1 Å². The summed E-state index contributed by atoms with van der Waals surface area (Å²) < 4.78 is 75.3. The highest BCUT2D eigenvalue weighted by atomic mass is 32.2. The summed E-state index contributed by atoms with van der Waals surface area (Å²) >= 11 is 0. The molecule has 0 amide bonds. The summed E-state index contributed by atoms with van der Waals surface area (Å²) in [7, 11) is -3.82. The van der Waals surface area contributed by atoms with Gasteiger partial charge in [-0.3, -0.25) is 0 Å². The molecule has 0 atom stereocenters. The molecule has 0 aliphatic carbocycles. The third-order valence-corrected chi connectivity index (χ3v) is 4.83. The minimum atomic E-state index is -4.46. The molecule has 0 fully saturated rings. The Kier molecular flexibility index (Phi) is 7.31. The van der Waals surface area contributed by atoms with Crippen LogP contribution in [0.15, 0.2) is 53.4 Å². The number of benzene rings is 2. The maximum atomic E-state index is 12.6. The summed E-state index contributed by atoms with van der Waals surface area (Å²) in [5.74, 6) is 5.35. The van der Waals surface area contributed by atoms with Crippen molar-refractivity contribution in [2.45, 2.75) is 18.0 Å². The van der Waals surface area contributed by atoms with Gasteiger partial charge in [-0.25, -0.2) is 8.42 Å². The number of sulfonamides is 1. The van der Waals surface area contributed by atoms with E-state index >= 15 is 0 Å². The van der Waals surface area contributed by atoms with Gasteiger partial charge in [0.15, 0.2) is 0 Å². The molecule has 0 saturated heterocycles. The van der Waals surface area contributed by atoms with Gasteiger partial charge in [-0.1, -0.05) is 30.0 Å².